The molecule has 1 aromatic rings. The molecule has 2 aliphatic carbocycles. The number of rotatable bonds is 3. The van der Waals surface area contributed by atoms with Crippen LogP contribution in [0.5, 0.6) is 0 Å². The molecule has 1 aromatic carbocycles. The molecular formula is C14H16FNO. The van der Waals surface area contributed by atoms with Gasteiger partial charge in [-0.1, -0.05) is 12.1 Å². The standard InChI is InChI=1S/C14H16FNO/c1-9-6-10(2-3-12(9)15)8-16-13(17)14-5-4-11(14)7-14/h2-3,6,11H,4-5,7-8H2,1H3,(H,16,17). The predicted octanol–water partition coefficient (Wildman–Crippen LogP) is 2.55. The molecule has 0 aromatic heterocycles. The van der Waals surface area contributed by atoms with Crippen LogP contribution in [0.3, 0.4) is 0 Å². The Morgan fingerprint density at radius 1 is 1.59 bits per heavy atom. The lowest BCUT2D eigenvalue weighted by Gasteiger charge is -2.24. The molecule has 2 unspecified atom stereocenters. The quantitative estimate of drug-likeness (QED) is 0.854. The number of amides is 1. The number of halogens is 1. The minimum Gasteiger partial charge on any atom is -0.352 e. The van der Waals surface area contributed by atoms with Gasteiger partial charge in [0, 0.05) is 6.54 Å². The largest absolute Gasteiger partial charge is 0.352 e. The Hall–Kier alpha value is -1.38. The van der Waals surface area contributed by atoms with Gasteiger partial charge in [-0.3, -0.25) is 4.79 Å². The number of fused-ring (bicyclic) bond motifs is 1. The molecule has 3 rings (SSSR count). The first kappa shape index (κ1) is 10.8. The maximum absolute atomic E-state index is 13.1. The van der Waals surface area contributed by atoms with Crippen LogP contribution in [0.15, 0.2) is 18.2 Å². The molecule has 1 N–H and O–H groups in total. The van der Waals surface area contributed by atoms with Crippen molar-refractivity contribution >= 4 is 5.91 Å². The van der Waals surface area contributed by atoms with Crippen molar-refractivity contribution in [1.82, 2.24) is 5.32 Å². The Kier molecular flexibility index (Phi) is 2.25. The molecule has 0 radical (unpaired) electrons. The van der Waals surface area contributed by atoms with E-state index in [1.54, 1.807) is 19.1 Å². The number of hydrogen-bond donors (Lipinski definition) is 1. The second-order valence-electron chi connectivity index (χ2n) is 5.36. The third-order valence-electron chi connectivity index (χ3n) is 4.30. The van der Waals surface area contributed by atoms with Crippen molar-refractivity contribution in [3.05, 3.63) is 35.1 Å². The number of benzene rings is 1. The predicted molar refractivity (Wildman–Crippen MR) is 62.8 cm³/mol. The highest BCUT2D eigenvalue weighted by Crippen LogP contribution is 2.67. The minimum atomic E-state index is -0.195. The minimum absolute atomic E-state index is 0.00489. The second kappa shape index (κ2) is 3.56. The highest BCUT2D eigenvalue weighted by atomic mass is 19.1. The van der Waals surface area contributed by atoms with E-state index in [9.17, 15) is 9.18 Å². The molecule has 0 spiro atoms. The van der Waals surface area contributed by atoms with Gasteiger partial charge in [0.2, 0.25) is 5.91 Å². The van der Waals surface area contributed by atoms with E-state index in [0.717, 1.165) is 18.4 Å². The number of aryl methyl sites for hydroxylation is 1. The van der Waals surface area contributed by atoms with Crippen LogP contribution in [0.1, 0.15) is 30.4 Å². The van der Waals surface area contributed by atoms with Crippen LogP contribution < -0.4 is 5.32 Å². The summed E-state index contributed by atoms with van der Waals surface area (Å²) >= 11 is 0. The summed E-state index contributed by atoms with van der Waals surface area (Å²) in [6.07, 6.45) is 3.33. The van der Waals surface area contributed by atoms with E-state index in [2.05, 4.69) is 5.32 Å². The van der Waals surface area contributed by atoms with Crippen molar-refractivity contribution in [3.8, 4) is 0 Å². The molecule has 0 bridgehead atoms. The SMILES string of the molecule is Cc1cc(CNC(=O)C23CCC2C3)ccc1F. The summed E-state index contributed by atoms with van der Waals surface area (Å²) in [6, 6.07) is 4.97. The van der Waals surface area contributed by atoms with Gasteiger partial charge in [-0.2, -0.15) is 0 Å². The van der Waals surface area contributed by atoms with Gasteiger partial charge in [-0.05, 0) is 49.3 Å². The fourth-order valence-electron chi connectivity index (χ4n) is 2.85. The summed E-state index contributed by atoms with van der Waals surface area (Å²) in [5, 5.41) is 2.97. The lowest BCUT2D eigenvalue weighted by molar-refractivity contribution is -0.129. The van der Waals surface area contributed by atoms with Gasteiger partial charge in [-0.15, -0.1) is 0 Å². The number of carbonyl (C=O) groups is 1. The smallest absolute Gasteiger partial charge is 0.226 e. The van der Waals surface area contributed by atoms with Crippen molar-refractivity contribution in [2.24, 2.45) is 11.3 Å². The van der Waals surface area contributed by atoms with Gasteiger partial charge in [-0.25, -0.2) is 4.39 Å². The molecule has 2 fully saturated rings. The van der Waals surface area contributed by atoms with Crippen LogP contribution in [-0.2, 0) is 11.3 Å². The first-order chi connectivity index (χ1) is 8.12. The van der Waals surface area contributed by atoms with E-state index in [0.29, 0.717) is 18.0 Å². The van der Waals surface area contributed by atoms with E-state index in [1.165, 1.54) is 12.5 Å². The summed E-state index contributed by atoms with van der Waals surface area (Å²) in [6.45, 7) is 2.25. The van der Waals surface area contributed by atoms with E-state index >= 15 is 0 Å². The van der Waals surface area contributed by atoms with Crippen LogP contribution in [0.4, 0.5) is 4.39 Å². The molecule has 2 atom stereocenters. The van der Waals surface area contributed by atoms with Crippen LogP contribution >= 0.6 is 0 Å². The van der Waals surface area contributed by atoms with Gasteiger partial charge in [0.15, 0.2) is 0 Å². The van der Waals surface area contributed by atoms with E-state index in [-0.39, 0.29) is 17.1 Å². The Bertz CT molecular complexity index is 481. The van der Waals surface area contributed by atoms with E-state index in [1.807, 2.05) is 0 Å². The van der Waals surface area contributed by atoms with Crippen molar-refractivity contribution in [3.63, 3.8) is 0 Å². The number of hydrogen-bond acceptors (Lipinski definition) is 1. The molecule has 1 amide bonds. The zero-order chi connectivity index (χ0) is 12.0. The summed E-state index contributed by atoms with van der Waals surface area (Å²) < 4.78 is 13.1. The van der Waals surface area contributed by atoms with Crippen LogP contribution in [0.25, 0.3) is 0 Å². The maximum Gasteiger partial charge on any atom is 0.226 e. The molecular weight excluding hydrogens is 217 g/mol. The summed E-state index contributed by atoms with van der Waals surface area (Å²) in [7, 11) is 0. The molecule has 3 heteroatoms. The summed E-state index contributed by atoms with van der Waals surface area (Å²) in [5.74, 6) is 0.646. The molecule has 90 valence electrons. The van der Waals surface area contributed by atoms with E-state index < -0.39 is 0 Å². The third kappa shape index (κ3) is 1.65. The zero-order valence-corrected chi connectivity index (χ0v) is 9.92. The van der Waals surface area contributed by atoms with Crippen LogP contribution in [0, 0.1) is 24.1 Å². The van der Waals surface area contributed by atoms with Crippen molar-refractivity contribution in [1.29, 1.82) is 0 Å². The molecule has 0 heterocycles. The third-order valence-corrected chi connectivity index (χ3v) is 4.30. The van der Waals surface area contributed by atoms with Gasteiger partial charge >= 0.3 is 0 Å². The average Bonchev–Trinajstić information content (AvgIpc) is 2.83. The lowest BCUT2D eigenvalue weighted by Crippen LogP contribution is -2.36. The molecule has 0 aliphatic heterocycles. The highest BCUT2D eigenvalue weighted by molar-refractivity contribution is 5.87. The molecule has 2 nitrogen and oxygen atoms in total. The summed E-state index contributed by atoms with van der Waals surface area (Å²) in [4.78, 5) is 11.9. The Balaban J connectivity index is 1.60. The topological polar surface area (TPSA) is 29.1 Å². The highest BCUT2D eigenvalue weighted by Gasteiger charge is 2.65. The van der Waals surface area contributed by atoms with Crippen LogP contribution in [0.2, 0.25) is 0 Å². The van der Waals surface area contributed by atoms with Crippen LogP contribution in [-0.4, -0.2) is 5.91 Å². The lowest BCUT2D eigenvalue weighted by atomic mass is 9.84. The Morgan fingerprint density at radius 2 is 2.41 bits per heavy atom. The number of nitrogens with one attached hydrogen (secondary N) is 1. The van der Waals surface area contributed by atoms with Crippen molar-refractivity contribution in [2.45, 2.75) is 32.7 Å². The summed E-state index contributed by atoms with van der Waals surface area (Å²) in [5.41, 5.74) is 1.59. The molecule has 2 aliphatic rings. The fourth-order valence-corrected chi connectivity index (χ4v) is 2.85. The van der Waals surface area contributed by atoms with Crippen molar-refractivity contribution < 1.29 is 9.18 Å². The van der Waals surface area contributed by atoms with Gasteiger partial charge in [0.1, 0.15) is 5.82 Å². The molecule has 0 saturated heterocycles. The molecule has 2 saturated carbocycles. The first-order valence-corrected chi connectivity index (χ1v) is 6.15. The first-order valence-electron chi connectivity index (χ1n) is 6.15. The molecule has 17 heavy (non-hydrogen) atoms. The maximum atomic E-state index is 13.1. The van der Waals surface area contributed by atoms with E-state index in [4.69, 9.17) is 0 Å². The number of carbonyl (C=O) groups excluding carboxylic acids is 1. The van der Waals surface area contributed by atoms with Gasteiger partial charge in [0.05, 0.1) is 5.41 Å². The average molecular weight is 233 g/mol. The fraction of sp³-hybridized carbons (Fsp3) is 0.500. The zero-order valence-electron chi connectivity index (χ0n) is 9.92. The van der Waals surface area contributed by atoms with Gasteiger partial charge in [0.25, 0.3) is 0 Å². The van der Waals surface area contributed by atoms with Gasteiger partial charge < -0.3 is 5.32 Å². The second-order valence-corrected chi connectivity index (χ2v) is 5.36. The normalized spacial score (nSPS) is 29.2. The van der Waals surface area contributed by atoms with Crippen molar-refractivity contribution in [2.75, 3.05) is 0 Å². The monoisotopic (exact) mass is 233 g/mol. The Labute approximate surface area is 100 Å². The Morgan fingerprint density at radius 3 is 2.94 bits per heavy atom.